The molecule has 1 aliphatic rings. The van der Waals surface area contributed by atoms with Gasteiger partial charge in [-0.1, -0.05) is 0 Å². The molecule has 0 spiro atoms. The molecule has 2 rings (SSSR count). The van der Waals surface area contributed by atoms with Gasteiger partial charge in [-0.05, 0) is 45.9 Å². The second kappa shape index (κ2) is 6.07. The van der Waals surface area contributed by atoms with E-state index < -0.39 is 35.3 Å². The Bertz CT molecular complexity index is 733. The molecule has 1 aromatic carbocycles. The van der Waals surface area contributed by atoms with Gasteiger partial charge in [-0.3, -0.25) is 19.3 Å². The Morgan fingerprint density at radius 2 is 1.71 bits per heavy atom. The van der Waals surface area contributed by atoms with Gasteiger partial charge < -0.3 is 10.1 Å². The molecule has 1 N–H and O–H groups in total. The summed E-state index contributed by atoms with van der Waals surface area (Å²) >= 11 is 0. The van der Waals surface area contributed by atoms with Crippen molar-refractivity contribution in [1.82, 2.24) is 10.2 Å². The highest BCUT2D eigenvalue weighted by atomic mass is 16.5. The van der Waals surface area contributed by atoms with Crippen LogP contribution in [0.2, 0.25) is 0 Å². The van der Waals surface area contributed by atoms with Crippen LogP contribution in [-0.2, 0) is 9.53 Å². The van der Waals surface area contributed by atoms with E-state index in [1.165, 1.54) is 32.2 Å². The number of carbonyl (C=O) groups excluding carboxylic acids is 4. The molecule has 0 radical (unpaired) electrons. The molecule has 1 aromatic rings. The van der Waals surface area contributed by atoms with Crippen LogP contribution in [0.4, 0.5) is 0 Å². The number of carbonyl (C=O) groups is 4. The second-order valence-electron chi connectivity index (χ2n) is 6.72. The van der Waals surface area contributed by atoms with Crippen molar-refractivity contribution in [3.63, 3.8) is 0 Å². The lowest BCUT2D eigenvalue weighted by Crippen LogP contribution is -2.46. The van der Waals surface area contributed by atoms with E-state index in [0.717, 1.165) is 4.90 Å². The molecule has 128 valence electrons. The first-order chi connectivity index (χ1) is 11.0. The van der Waals surface area contributed by atoms with Gasteiger partial charge in [0.15, 0.2) is 6.10 Å². The molecule has 3 amide bonds. The van der Waals surface area contributed by atoms with Crippen LogP contribution in [0.25, 0.3) is 0 Å². The largest absolute Gasteiger partial charge is 0.449 e. The number of ether oxygens (including phenoxy) is 1. The average Bonchev–Trinajstić information content (AvgIpc) is 2.70. The third kappa shape index (κ3) is 3.45. The fraction of sp³-hybridized carbons (Fsp3) is 0.412. The Morgan fingerprint density at radius 1 is 1.12 bits per heavy atom. The molecular formula is C17H20N2O5. The maximum Gasteiger partial charge on any atom is 0.338 e. The van der Waals surface area contributed by atoms with Crippen LogP contribution in [0.15, 0.2) is 18.2 Å². The van der Waals surface area contributed by atoms with Gasteiger partial charge in [-0.15, -0.1) is 0 Å². The molecule has 0 bridgehead atoms. The van der Waals surface area contributed by atoms with Crippen molar-refractivity contribution in [2.24, 2.45) is 0 Å². The summed E-state index contributed by atoms with van der Waals surface area (Å²) in [6.45, 7) is 6.92. The molecule has 0 aliphatic carbocycles. The fourth-order valence-corrected chi connectivity index (χ4v) is 2.24. The van der Waals surface area contributed by atoms with E-state index in [9.17, 15) is 19.2 Å². The zero-order chi connectivity index (χ0) is 18.2. The number of rotatable bonds is 3. The van der Waals surface area contributed by atoms with E-state index >= 15 is 0 Å². The van der Waals surface area contributed by atoms with E-state index in [0.29, 0.717) is 0 Å². The highest BCUT2D eigenvalue weighted by Crippen LogP contribution is 2.23. The van der Waals surface area contributed by atoms with Gasteiger partial charge in [0.05, 0.1) is 16.7 Å². The number of fused-ring (bicyclic) bond motifs is 1. The summed E-state index contributed by atoms with van der Waals surface area (Å²) in [5, 5.41) is 2.71. The lowest BCUT2D eigenvalue weighted by molar-refractivity contribution is -0.130. The summed E-state index contributed by atoms with van der Waals surface area (Å²) in [4.78, 5) is 48.9. The molecule has 24 heavy (non-hydrogen) atoms. The number of esters is 1. The highest BCUT2D eigenvalue weighted by molar-refractivity contribution is 6.21. The number of imide groups is 1. The van der Waals surface area contributed by atoms with Gasteiger partial charge in [-0.25, -0.2) is 4.79 Å². The van der Waals surface area contributed by atoms with E-state index in [-0.39, 0.29) is 16.7 Å². The van der Waals surface area contributed by atoms with Crippen molar-refractivity contribution >= 4 is 23.7 Å². The zero-order valence-electron chi connectivity index (χ0n) is 14.3. The third-order valence-electron chi connectivity index (χ3n) is 3.48. The summed E-state index contributed by atoms with van der Waals surface area (Å²) in [5.41, 5.74) is 0.0739. The monoisotopic (exact) mass is 332 g/mol. The van der Waals surface area contributed by atoms with Crippen molar-refractivity contribution in [2.45, 2.75) is 39.3 Å². The van der Waals surface area contributed by atoms with Gasteiger partial charge in [0.1, 0.15) is 0 Å². The topological polar surface area (TPSA) is 92.8 Å². The van der Waals surface area contributed by atoms with E-state index in [4.69, 9.17) is 4.74 Å². The Labute approximate surface area is 140 Å². The number of hydrogen-bond acceptors (Lipinski definition) is 5. The number of amides is 3. The van der Waals surface area contributed by atoms with Gasteiger partial charge >= 0.3 is 5.97 Å². The SMILES string of the molecule is C[C@H](OC(=O)c1ccc2c(c1)C(=O)N(C)C2=O)C(=O)NC(C)(C)C. The number of nitrogens with one attached hydrogen (secondary N) is 1. The highest BCUT2D eigenvalue weighted by Gasteiger charge is 2.33. The van der Waals surface area contributed by atoms with Gasteiger partial charge in [0, 0.05) is 12.6 Å². The Kier molecular flexibility index (Phi) is 4.46. The molecule has 7 nitrogen and oxygen atoms in total. The predicted molar refractivity (Wildman–Crippen MR) is 85.6 cm³/mol. The van der Waals surface area contributed by atoms with E-state index in [1.54, 1.807) is 0 Å². The first kappa shape index (κ1) is 17.7. The Balaban J connectivity index is 2.13. The van der Waals surface area contributed by atoms with E-state index in [2.05, 4.69) is 5.32 Å². The summed E-state index contributed by atoms with van der Waals surface area (Å²) < 4.78 is 5.13. The van der Waals surface area contributed by atoms with Crippen molar-refractivity contribution in [3.8, 4) is 0 Å². The van der Waals surface area contributed by atoms with E-state index in [1.807, 2.05) is 20.8 Å². The van der Waals surface area contributed by atoms with Crippen molar-refractivity contribution < 1.29 is 23.9 Å². The van der Waals surface area contributed by atoms with Gasteiger partial charge in [0.25, 0.3) is 17.7 Å². The molecular weight excluding hydrogens is 312 g/mol. The third-order valence-corrected chi connectivity index (χ3v) is 3.48. The number of nitrogens with zero attached hydrogens (tertiary/aromatic N) is 1. The van der Waals surface area contributed by atoms with Gasteiger partial charge in [0.2, 0.25) is 0 Å². The summed E-state index contributed by atoms with van der Waals surface area (Å²) in [5.74, 6) is -2.02. The molecule has 7 heteroatoms. The summed E-state index contributed by atoms with van der Waals surface area (Å²) in [6, 6.07) is 4.13. The smallest absolute Gasteiger partial charge is 0.338 e. The van der Waals surface area contributed by atoms with Crippen LogP contribution in [0.3, 0.4) is 0 Å². The minimum Gasteiger partial charge on any atom is -0.449 e. The summed E-state index contributed by atoms with van der Waals surface area (Å²) in [7, 11) is 1.38. The molecule has 1 aliphatic heterocycles. The molecule has 1 heterocycles. The van der Waals surface area contributed by atoms with Crippen LogP contribution in [-0.4, -0.2) is 47.3 Å². The number of benzene rings is 1. The van der Waals surface area contributed by atoms with Gasteiger partial charge in [-0.2, -0.15) is 0 Å². The predicted octanol–water partition coefficient (Wildman–Crippen LogP) is 1.37. The quantitative estimate of drug-likeness (QED) is 0.667. The fourth-order valence-electron chi connectivity index (χ4n) is 2.24. The molecule has 0 unspecified atom stereocenters. The van der Waals surface area contributed by atoms with Crippen molar-refractivity contribution in [3.05, 3.63) is 34.9 Å². The lowest BCUT2D eigenvalue weighted by Gasteiger charge is -2.23. The summed E-state index contributed by atoms with van der Waals surface area (Å²) in [6.07, 6.45) is -0.981. The average molecular weight is 332 g/mol. The maximum absolute atomic E-state index is 12.2. The van der Waals surface area contributed by atoms with Crippen molar-refractivity contribution in [2.75, 3.05) is 7.05 Å². The minimum atomic E-state index is -0.981. The van der Waals surface area contributed by atoms with Crippen LogP contribution in [0.1, 0.15) is 58.8 Å². The molecule has 0 saturated carbocycles. The molecule has 0 fully saturated rings. The zero-order valence-corrected chi connectivity index (χ0v) is 14.3. The number of hydrogen-bond donors (Lipinski definition) is 1. The standard InChI is InChI=1S/C17H20N2O5/c1-9(13(20)18-17(2,3)4)24-16(23)10-6-7-11-12(8-10)15(22)19(5)14(11)21/h6-9H,1-5H3,(H,18,20)/t9-/m0/s1. The first-order valence-corrected chi connectivity index (χ1v) is 7.50. The first-order valence-electron chi connectivity index (χ1n) is 7.50. The lowest BCUT2D eigenvalue weighted by atomic mass is 10.1. The van der Waals surface area contributed by atoms with Crippen LogP contribution in [0.5, 0.6) is 0 Å². The van der Waals surface area contributed by atoms with Crippen LogP contribution in [0, 0.1) is 0 Å². The minimum absolute atomic E-state index is 0.112. The molecule has 0 saturated heterocycles. The maximum atomic E-state index is 12.2. The second-order valence-corrected chi connectivity index (χ2v) is 6.72. The molecule has 0 aromatic heterocycles. The Hall–Kier alpha value is -2.70. The van der Waals surface area contributed by atoms with Crippen molar-refractivity contribution in [1.29, 1.82) is 0 Å². The molecule has 1 atom stereocenters. The Morgan fingerprint density at radius 3 is 2.29 bits per heavy atom. The van der Waals surface area contributed by atoms with Crippen LogP contribution < -0.4 is 5.32 Å². The normalized spacial score (nSPS) is 15.1. The van der Waals surface area contributed by atoms with Crippen LogP contribution >= 0.6 is 0 Å².